The largest absolute Gasteiger partial charge is 0.378 e. The van der Waals surface area contributed by atoms with Gasteiger partial charge in [-0.2, -0.15) is 0 Å². The maximum atomic E-state index is 13.6. The quantitative estimate of drug-likeness (QED) is 0.763. The molecular weight excluding hydrogens is 307 g/mol. The fourth-order valence-electron chi connectivity index (χ4n) is 2.52. The highest BCUT2D eigenvalue weighted by Crippen LogP contribution is 2.22. The van der Waals surface area contributed by atoms with Gasteiger partial charge < -0.3 is 15.4 Å². The topological polar surface area (TPSA) is 50.4 Å². The number of carbonyl (C=O) groups excluding carboxylic acids is 1. The maximum absolute atomic E-state index is 13.6. The van der Waals surface area contributed by atoms with Crippen LogP contribution < -0.4 is 10.6 Å². The van der Waals surface area contributed by atoms with Crippen LogP contribution in [0.15, 0.2) is 18.2 Å². The standard InChI is InChI=1S/C16H22ClFN2O2/c17-13-8-4-9-14(15(13)18)20-16(21)19-10-5-11-22-12-6-2-1-3-7-12/h4,8-9,12H,1-3,5-7,10-11H2,(H2,19,20,21). The van der Waals surface area contributed by atoms with Crippen molar-refractivity contribution in [3.63, 3.8) is 0 Å². The molecule has 2 amide bonds. The highest BCUT2D eigenvalue weighted by molar-refractivity contribution is 6.31. The van der Waals surface area contributed by atoms with Gasteiger partial charge in [0.2, 0.25) is 0 Å². The Kier molecular flexibility index (Phi) is 6.93. The van der Waals surface area contributed by atoms with Crippen LogP contribution in [-0.4, -0.2) is 25.3 Å². The van der Waals surface area contributed by atoms with E-state index in [4.69, 9.17) is 16.3 Å². The maximum Gasteiger partial charge on any atom is 0.319 e. The van der Waals surface area contributed by atoms with Gasteiger partial charge in [-0.1, -0.05) is 36.9 Å². The normalized spacial score (nSPS) is 15.5. The van der Waals surface area contributed by atoms with Crippen LogP contribution in [-0.2, 0) is 4.74 Å². The lowest BCUT2D eigenvalue weighted by Crippen LogP contribution is -2.30. The molecule has 2 rings (SSSR count). The Balaban J connectivity index is 1.60. The van der Waals surface area contributed by atoms with E-state index in [0.717, 1.165) is 19.3 Å². The Morgan fingerprint density at radius 3 is 2.86 bits per heavy atom. The molecule has 1 saturated carbocycles. The molecule has 0 aromatic heterocycles. The molecule has 6 heteroatoms. The van der Waals surface area contributed by atoms with Crippen LogP contribution in [0.25, 0.3) is 0 Å². The number of rotatable bonds is 6. The summed E-state index contributed by atoms with van der Waals surface area (Å²) >= 11 is 5.65. The smallest absolute Gasteiger partial charge is 0.319 e. The predicted molar refractivity (Wildman–Crippen MR) is 85.9 cm³/mol. The Labute approximate surface area is 135 Å². The van der Waals surface area contributed by atoms with Gasteiger partial charge in [0.1, 0.15) is 0 Å². The Morgan fingerprint density at radius 2 is 2.09 bits per heavy atom. The summed E-state index contributed by atoms with van der Waals surface area (Å²) in [4.78, 5) is 11.7. The first-order valence-corrected chi connectivity index (χ1v) is 8.15. The lowest BCUT2D eigenvalue weighted by Gasteiger charge is -2.21. The highest BCUT2D eigenvalue weighted by Gasteiger charge is 2.13. The highest BCUT2D eigenvalue weighted by atomic mass is 35.5. The Hall–Kier alpha value is -1.33. The average Bonchev–Trinajstić information content (AvgIpc) is 2.52. The first-order valence-electron chi connectivity index (χ1n) is 7.77. The summed E-state index contributed by atoms with van der Waals surface area (Å²) < 4.78 is 19.4. The lowest BCUT2D eigenvalue weighted by molar-refractivity contribution is 0.0276. The van der Waals surface area contributed by atoms with E-state index in [9.17, 15) is 9.18 Å². The van der Waals surface area contributed by atoms with Crippen LogP contribution in [0.3, 0.4) is 0 Å². The number of hydrogen-bond donors (Lipinski definition) is 2. The summed E-state index contributed by atoms with van der Waals surface area (Å²) in [5, 5.41) is 5.10. The van der Waals surface area contributed by atoms with Gasteiger partial charge in [-0.3, -0.25) is 0 Å². The first-order chi connectivity index (χ1) is 10.7. The van der Waals surface area contributed by atoms with Crippen molar-refractivity contribution < 1.29 is 13.9 Å². The Bertz CT molecular complexity index is 493. The molecule has 1 fully saturated rings. The lowest BCUT2D eigenvalue weighted by atomic mass is 9.98. The van der Waals surface area contributed by atoms with E-state index in [1.54, 1.807) is 6.07 Å². The fourth-order valence-corrected chi connectivity index (χ4v) is 2.70. The van der Waals surface area contributed by atoms with E-state index in [2.05, 4.69) is 10.6 Å². The molecule has 0 aliphatic heterocycles. The number of ether oxygens (including phenoxy) is 1. The van der Waals surface area contributed by atoms with E-state index in [-0.39, 0.29) is 10.7 Å². The summed E-state index contributed by atoms with van der Waals surface area (Å²) in [7, 11) is 0. The van der Waals surface area contributed by atoms with Crippen LogP contribution in [0.5, 0.6) is 0 Å². The first kappa shape index (κ1) is 17.0. The summed E-state index contributed by atoms with van der Waals surface area (Å²) in [6, 6.07) is 4.04. The summed E-state index contributed by atoms with van der Waals surface area (Å²) in [6.07, 6.45) is 7.20. The average molecular weight is 329 g/mol. The monoisotopic (exact) mass is 328 g/mol. The molecule has 1 aliphatic carbocycles. The molecule has 1 aliphatic rings. The molecule has 0 unspecified atom stereocenters. The van der Waals surface area contributed by atoms with Crippen LogP contribution >= 0.6 is 11.6 Å². The molecule has 1 aromatic rings. The fraction of sp³-hybridized carbons (Fsp3) is 0.562. The minimum Gasteiger partial charge on any atom is -0.378 e. The van der Waals surface area contributed by atoms with E-state index in [1.165, 1.54) is 31.4 Å². The van der Waals surface area contributed by atoms with E-state index < -0.39 is 11.8 Å². The van der Waals surface area contributed by atoms with Crippen LogP contribution in [0, 0.1) is 5.82 Å². The molecular formula is C16H22ClFN2O2. The number of carbonyl (C=O) groups is 1. The third-order valence-electron chi connectivity index (χ3n) is 3.71. The summed E-state index contributed by atoms with van der Waals surface area (Å²) in [6.45, 7) is 1.12. The third-order valence-corrected chi connectivity index (χ3v) is 4.00. The second kappa shape index (κ2) is 8.96. The van der Waals surface area contributed by atoms with Gasteiger partial charge in [0.25, 0.3) is 0 Å². The number of hydrogen-bond acceptors (Lipinski definition) is 2. The molecule has 22 heavy (non-hydrogen) atoms. The molecule has 0 saturated heterocycles. The Morgan fingerprint density at radius 1 is 1.32 bits per heavy atom. The molecule has 122 valence electrons. The van der Waals surface area contributed by atoms with E-state index in [1.807, 2.05) is 0 Å². The van der Waals surface area contributed by atoms with E-state index in [0.29, 0.717) is 19.3 Å². The SMILES string of the molecule is O=C(NCCCOC1CCCCC1)Nc1cccc(Cl)c1F. The number of nitrogens with one attached hydrogen (secondary N) is 2. The van der Waals surface area contributed by atoms with E-state index >= 15 is 0 Å². The van der Waals surface area contributed by atoms with Crippen molar-refractivity contribution in [2.24, 2.45) is 0 Å². The minimum absolute atomic E-state index is 0.0151. The molecule has 0 bridgehead atoms. The molecule has 0 heterocycles. The zero-order chi connectivity index (χ0) is 15.8. The molecule has 1 aromatic carbocycles. The van der Waals surface area contributed by atoms with Crippen molar-refractivity contribution >= 4 is 23.3 Å². The van der Waals surface area contributed by atoms with Gasteiger partial charge in [-0.15, -0.1) is 0 Å². The summed E-state index contributed by atoms with van der Waals surface area (Å²) in [5.41, 5.74) is 0.0726. The second-order valence-electron chi connectivity index (χ2n) is 5.47. The number of anilines is 1. The van der Waals surface area contributed by atoms with Gasteiger partial charge >= 0.3 is 6.03 Å². The van der Waals surface area contributed by atoms with Gasteiger partial charge in [-0.25, -0.2) is 9.18 Å². The van der Waals surface area contributed by atoms with Crippen molar-refractivity contribution in [1.29, 1.82) is 0 Å². The van der Waals surface area contributed by atoms with Crippen molar-refractivity contribution in [2.45, 2.75) is 44.6 Å². The zero-order valence-corrected chi connectivity index (χ0v) is 13.3. The van der Waals surface area contributed by atoms with Gasteiger partial charge in [-0.05, 0) is 31.4 Å². The zero-order valence-electron chi connectivity index (χ0n) is 12.5. The molecule has 4 nitrogen and oxygen atoms in total. The number of benzene rings is 1. The minimum atomic E-state index is -0.625. The predicted octanol–water partition coefficient (Wildman–Crippen LogP) is 4.34. The van der Waals surface area contributed by atoms with Crippen molar-refractivity contribution in [3.8, 4) is 0 Å². The molecule has 0 atom stereocenters. The number of urea groups is 1. The van der Waals surface area contributed by atoms with Crippen LogP contribution in [0.1, 0.15) is 38.5 Å². The van der Waals surface area contributed by atoms with Gasteiger partial charge in [0.15, 0.2) is 5.82 Å². The van der Waals surface area contributed by atoms with Crippen LogP contribution in [0.4, 0.5) is 14.9 Å². The molecule has 2 N–H and O–H groups in total. The van der Waals surface area contributed by atoms with Gasteiger partial charge in [0, 0.05) is 13.2 Å². The van der Waals surface area contributed by atoms with Crippen molar-refractivity contribution in [2.75, 3.05) is 18.5 Å². The number of amides is 2. The second-order valence-corrected chi connectivity index (χ2v) is 5.87. The number of halogens is 2. The van der Waals surface area contributed by atoms with Crippen molar-refractivity contribution in [3.05, 3.63) is 29.0 Å². The molecule has 0 radical (unpaired) electrons. The van der Waals surface area contributed by atoms with Crippen molar-refractivity contribution in [1.82, 2.24) is 5.32 Å². The third kappa shape index (κ3) is 5.46. The summed E-state index contributed by atoms with van der Waals surface area (Å²) in [5.74, 6) is -0.625. The van der Waals surface area contributed by atoms with Crippen LogP contribution in [0.2, 0.25) is 5.02 Å². The molecule has 0 spiro atoms. The van der Waals surface area contributed by atoms with Gasteiger partial charge in [0.05, 0.1) is 16.8 Å².